The predicted molar refractivity (Wildman–Crippen MR) is 83.2 cm³/mol. The first-order valence-electron chi connectivity index (χ1n) is 8.79. The minimum absolute atomic E-state index is 0.0519. The normalized spacial score (nSPS) is 31.5. The van der Waals surface area contributed by atoms with Gasteiger partial charge in [0.15, 0.2) is 0 Å². The number of nitro groups is 1. The number of hydrogen-bond acceptors (Lipinski definition) is 4. The van der Waals surface area contributed by atoms with Crippen molar-refractivity contribution < 1.29 is 14.5 Å². The van der Waals surface area contributed by atoms with Gasteiger partial charge < -0.3 is 10.2 Å². The molecule has 0 aromatic rings. The van der Waals surface area contributed by atoms with E-state index in [9.17, 15) is 19.7 Å². The first kappa shape index (κ1) is 16.2. The average molecular weight is 323 g/mol. The summed E-state index contributed by atoms with van der Waals surface area (Å²) < 4.78 is 0. The molecule has 0 aromatic heterocycles. The van der Waals surface area contributed by atoms with Gasteiger partial charge in [0.05, 0.1) is 5.92 Å². The van der Waals surface area contributed by atoms with Crippen LogP contribution in [-0.4, -0.2) is 46.8 Å². The SMILES string of the molecule is O=C(NC1CCCCC1)[C@@H]1CCCN(C(=O)[C@H]2C[C@@H]2[N+](=O)[O-])C1. The quantitative estimate of drug-likeness (QED) is 0.624. The lowest BCUT2D eigenvalue weighted by molar-refractivity contribution is -0.497. The maximum atomic E-state index is 12.4. The standard InChI is InChI=1S/C16H25N3O4/c20-15(17-12-6-2-1-3-7-12)11-5-4-8-18(10-11)16(21)13-9-14(13)19(22)23/h11-14H,1-10H2,(H,17,20)/t11-,13+,14+/m1/s1. The highest BCUT2D eigenvalue weighted by Gasteiger charge is 2.55. The van der Waals surface area contributed by atoms with Gasteiger partial charge in [0, 0.05) is 30.5 Å². The highest BCUT2D eigenvalue weighted by atomic mass is 16.6. The topological polar surface area (TPSA) is 92.6 Å². The van der Waals surface area contributed by atoms with Crippen LogP contribution in [0.2, 0.25) is 0 Å². The fourth-order valence-corrected chi connectivity index (χ4v) is 3.87. The number of rotatable bonds is 4. The number of likely N-dealkylation sites (tertiary alicyclic amines) is 1. The van der Waals surface area contributed by atoms with Crippen molar-refractivity contribution >= 4 is 11.8 Å². The van der Waals surface area contributed by atoms with Gasteiger partial charge in [-0.05, 0) is 25.7 Å². The molecule has 2 aliphatic carbocycles. The maximum absolute atomic E-state index is 12.4. The number of nitrogens with zero attached hydrogens (tertiary/aromatic N) is 2. The van der Waals surface area contributed by atoms with Crippen LogP contribution in [0.1, 0.15) is 51.4 Å². The van der Waals surface area contributed by atoms with Gasteiger partial charge in [0.2, 0.25) is 17.9 Å². The molecule has 1 saturated heterocycles. The monoisotopic (exact) mass is 323 g/mol. The minimum Gasteiger partial charge on any atom is -0.353 e. The third-order valence-electron chi connectivity index (χ3n) is 5.40. The Hall–Kier alpha value is -1.66. The molecule has 2 saturated carbocycles. The fourth-order valence-electron chi connectivity index (χ4n) is 3.87. The molecule has 0 bridgehead atoms. The van der Waals surface area contributed by atoms with Crippen LogP contribution in [0.3, 0.4) is 0 Å². The Balaban J connectivity index is 1.50. The third-order valence-corrected chi connectivity index (χ3v) is 5.40. The second-order valence-electron chi connectivity index (χ2n) is 7.16. The highest BCUT2D eigenvalue weighted by Crippen LogP contribution is 2.35. The molecular formula is C16H25N3O4. The van der Waals surface area contributed by atoms with Crippen molar-refractivity contribution in [1.82, 2.24) is 10.2 Å². The van der Waals surface area contributed by atoms with E-state index in [1.54, 1.807) is 4.90 Å². The largest absolute Gasteiger partial charge is 0.353 e. The maximum Gasteiger partial charge on any atom is 0.232 e. The molecule has 0 unspecified atom stereocenters. The van der Waals surface area contributed by atoms with Crippen molar-refractivity contribution in [2.24, 2.45) is 11.8 Å². The zero-order valence-electron chi connectivity index (χ0n) is 13.4. The number of carbonyl (C=O) groups excluding carboxylic acids is 2. The molecule has 128 valence electrons. The van der Waals surface area contributed by atoms with Crippen molar-refractivity contribution in [3.05, 3.63) is 10.1 Å². The van der Waals surface area contributed by atoms with Gasteiger partial charge in [-0.2, -0.15) is 0 Å². The summed E-state index contributed by atoms with van der Waals surface area (Å²) in [6.45, 7) is 1.03. The summed E-state index contributed by atoms with van der Waals surface area (Å²) in [7, 11) is 0. The molecule has 0 radical (unpaired) electrons. The van der Waals surface area contributed by atoms with Gasteiger partial charge >= 0.3 is 0 Å². The van der Waals surface area contributed by atoms with Gasteiger partial charge in [-0.3, -0.25) is 19.7 Å². The second kappa shape index (κ2) is 6.84. The summed E-state index contributed by atoms with van der Waals surface area (Å²) in [5, 5.41) is 13.9. The molecule has 2 amide bonds. The van der Waals surface area contributed by atoms with Crippen LogP contribution in [-0.2, 0) is 9.59 Å². The van der Waals surface area contributed by atoms with E-state index < -0.39 is 12.0 Å². The van der Waals surface area contributed by atoms with E-state index >= 15 is 0 Å². The van der Waals surface area contributed by atoms with E-state index in [1.165, 1.54) is 19.3 Å². The molecule has 3 aliphatic rings. The van der Waals surface area contributed by atoms with E-state index in [4.69, 9.17) is 0 Å². The first-order chi connectivity index (χ1) is 11.1. The Morgan fingerprint density at radius 1 is 1.09 bits per heavy atom. The molecule has 1 heterocycles. The minimum atomic E-state index is -0.709. The Bertz CT molecular complexity index is 490. The lowest BCUT2D eigenvalue weighted by atomic mass is 9.93. The van der Waals surface area contributed by atoms with Crippen LogP contribution in [0, 0.1) is 22.0 Å². The van der Waals surface area contributed by atoms with Crippen molar-refractivity contribution in [1.29, 1.82) is 0 Å². The summed E-state index contributed by atoms with van der Waals surface area (Å²) in [6.07, 6.45) is 7.63. The van der Waals surface area contributed by atoms with E-state index in [-0.39, 0.29) is 28.7 Å². The lowest BCUT2D eigenvalue weighted by Gasteiger charge is -2.33. The molecule has 0 aromatic carbocycles. The molecular weight excluding hydrogens is 298 g/mol. The molecule has 3 rings (SSSR count). The van der Waals surface area contributed by atoms with E-state index in [0.717, 1.165) is 25.7 Å². The Kier molecular flexibility index (Phi) is 4.82. The number of carbonyl (C=O) groups is 2. The van der Waals surface area contributed by atoms with Gasteiger partial charge in [-0.25, -0.2) is 0 Å². The van der Waals surface area contributed by atoms with Crippen LogP contribution >= 0.6 is 0 Å². The highest BCUT2D eigenvalue weighted by molar-refractivity contribution is 5.84. The van der Waals surface area contributed by atoms with Crippen LogP contribution in [0.4, 0.5) is 0 Å². The van der Waals surface area contributed by atoms with E-state index in [1.807, 2.05) is 0 Å². The lowest BCUT2D eigenvalue weighted by Crippen LogP contribution is -2.48. The zero-order chi connectivity index (χ0) is 16.4. The summed E-state index contributed by atoms with van der Waals surface area (Å²) in [6, 6.07) is -0.427. The summed E-state index contributed by atoms with van der Waals surface area (Å²) >= 11 is 0. The molecule has 23 heavy (non-hydrogen) atoms. The average Bonchev–Trinajstić information content (AvgIpc) is 3.36. The molecule has 0 spiro atoms. The molecule has 3 fully saturated rings. The second-order valence-corrected chi connectivity index (χ2v) is 7.16. The Morgan fingerprint density at radius 3 is 2.48 bits per heavy atom. The number of amides is 2. The number of nitrogens with one attached hydrogen (secondary N) is 1. The van der Waals surface area contributed by atoms with Crippen LogP contribution in [0.25, 0.3) is 0 Å². The molecule has 1 aliphatic heterocycles. The molecule has 1 N–H and O–H groups in total. The van der Waals surface area contributed by atoms with Crippen LogP contribution in [0.15, 0.2) is 0 Å². The summed E-state index contributed by atoms with van der Waals surface area (Å²) in [5.74, 6) is -0.717. The Labute approximate surface area is 135 Å². The van der Waals surface area contributed by atoms with Crippen molar-refractivity contribution in [3.63, 3.8) is 0 Å². The van der Waals surface area contributed by atoms with E-state index in [0.29, 0.717) is 19.5 Å². The van der Waals surface area contributed by atoms with Gasteiger partial charge in [0.1, 0.15) is 5.92 Å². The van der Waals surface area contributed by atoms with Gasteiger partial charge in [-0.15, -0.1) is 0 Å². The van der Waals surface area contributed by atoms with Crippen molar-refractivity contribution in [3.8, 4) is 0 Å². The zero-order valence-corrected chi connectivity index (χ0v) is 13.4. The van der Waals surface area contributed by atoms with Crippen molar-refractivity contribution in [2.45, 2.75) is 63.5 Å². The van der Waals surface area contributed by atoms with Gasteiger partial charge in [-0.1, -0.05) is 19.3 Å². The predicted octanol–water partition coefficient (Wildman–Crippen LogP) is 1.34. The summed E-state index contributed by atoms with van der Waals surface area (Å²) in [4.78, 5) is 36.8. The Morgan fingerprint density at radius 2 is 1.83 bits per heavy atom. The van der Waals surface area contributed by atoms with E-state index in [2.05, 4.69) is 5.32 Å². The smallest absolute Gasteiger partial charge is 0.232 e. The molecule has 7 heteroatoms. The van der Waals surface area contributed by atoms with Crippen molar-refractivity contribution in [2.75, 3.05) is 13.1 Å². The third kappa shape index (κ3) is 3.82. The summed E-state index contributed by atoms with van der Waals surface area (Å²) in [5.41, 5.74) is 0. The first-order valence-corrected chi connectivity index (χ1v) is 8.79. The fraction of sp³-hybridized carbons (Fsp3) is 0.875. The van der Waals surface area contributed by atoms with Crippen LogP contribution < -0.4 is 5.32 Å². The number of piperidine rings is 1. The van der Waals surface area contributed by atoms with Crippen LogP contribution in [0.5, 0.6) is 0 Å². The number of hydrogen-bond donors (Lipinski definition) is 1. The van der Waals surface area contributed by atoms with Gasteiger partial charge in [0.25, 0.3) is 0 Å². The molecule has 3 atom stereocenters. The molecule has 7 nitrogen and oxygen atoms in total.